The molecule has 1 aromatic carbocycles. The molecule has 2 N–H and O–H groups in total. The quantitative estimate of drug-likeness (QED) is 0.815. The highest BCUT2D eigenvalue weighted by atomic mass is 19.4. The van der Waals surface area contributed by atoms with Crippen LogP contribution < -0.4 is 10.5 Å². The first-order valence-corrected chi connectivity index (χ1v) is 8.10. The average Bonchev–Trinajstić information content (AvgIpc) is 2.91. The van der Waals surface area contributed by atoms with Gasteiger partial charge in [-0.15, -0.1) is 0 Å². The van der Waals surface area contributed by atoms with Gasteiger partial charge in [-0.05, 0) is 38.0 Å². The second kappa shape index (κ2) is 6.51. The van der Waals surface area contributed by atoms with E-state index in [1.807, 2.05) is 11.8 Å². The van der Waals surface area contributed by atoms with Crippen LogP contribution in [0.25, 0.3) is 10.9 Å². The van der Waals surface area contributed by atoms with E-state index >= 15 is 0 Å². The number of aliphatic carboxylic acids is 1. The fourth-order valence-corrected chi connectivity index (χ4v) is 3.48. The minimum absolute atomic E-state index is 0.0491. The number of halogens is 3. The Morgan fingerprint density at radius 2 is 2.04 bits per heavy atom. The van der Waals surface area contributed by atoms with E-state index in [2.05, 4.69) is 4.98 Å². The maximum Gasteiger partial charge on any atom is 0.417 e. The number of aromatic amines is 1. The monoisotopic (exact) mass is 366 g/mol. The fourth-order valence-electron chi connectivity index (χ4n) is 3.48. The molecule has 1 saturated heterocycles. The number of hydrogen-bond acceptors (Lipinski definition) is 3. The van der Waals surface area contributed by atoms with Crippen molar-refractivity contribution in [3.05, 3.63) is 52.3 Å². The zero-order valence-corrected chi connectivity index (χ0v) is 13.9. The van der Waals surface area contributed by atoms with E-state index in [1.165, 1.54) is 12.1 Å². The molecule has 2 aromatic rings. The number of carbonyl (C=O) groups is 1. The Kier molecular flexibility index (Phi) is 4.52. The Labute approximate surface area is 146 Å². The molecule has 5 nitrogen and oxygen atoms in total. The molecule has 0 unspecified atom stereocenters. The van der Waals surface area contributed by atoms with Gasteiger partial charge in [-0.2, -0.15) is 13.2 Å². The maximum absolute atomic E-state index is 13.3. The van der Waals surface area contributed by atoms with E-state index in [4.69, 9.17) is 5.11 Å². The summed E-state index contributed by atoms with van der Waals surface area (Å²) in [5, 5.41) is 8.74. The van der Waals surface area contributed by atoms with Gasteiger partial charge >= 0.3 is 12.1 Å². The van der Waals surface area contributed by atoms with Crippen LogP contribution in [0.1, 0.15) is 25.3 Å². The van der Waals surface area contributed by atoms with Gasteiger partial charge in [0.25, 0.3) is 0 Å². The Hall–Kier alpha value is -2.77. The van der Waals surface area contributed by atoms with Gasteiger partial charge in [0.05, 0.1) is 5.56 Å². The fraction of sp³-hybridized carbons (Fsp3) is 0.333. The Balaban J connectivity index is 2.12. The van der Waals surface area contributed by atoms with Crippen LogP contribution in [0.4, 0.5) is 18.9 Å². The van der Waals surface area contributed by atoms with Crippen molar-refractivity contribution in [1.82, 2.24) is 4.98 Å². The van der Waals surface area contributed by atoms with Gasteiger partial charge in [-0.3, -0.25) is 4.79 Å². The molecule has 2 heterocycles. The van der Waals surface area contributed by atoms with Crippen molar-refractivity contribution >= 4 is 22.6 Å². The van der Waals surface area contributed by atoms with Crippen LogP contribution in [0, 0.1) is 0 Å². The second-order valence-electron chi connectivity index (χ2n) is 6.37. The third-order valence-corrected chi connectivity index (χ3v) is 4.60. The molecule has 0 aliphatic carbocycles. The summed E-state index contributed by atoms with van der Waals surface area (Å²) in [5.41, 5.74) is -1.13. The summed E-state index contributed by atoms with van der Waals surface area (Å²) < 4.78 is 40.0. The minimum atomic E-state index is -4.65. The molecule has 0 saturated carbocycles. The molecule has 2 atom stereocenters. The number of carboxylic acids is 1. The Bertz CT molecular complexity index is 933. The van der Waals surface area contributed by atoms with Crippen LogP contribution in [0.15, 0.2) is 41.2 Å². The number of nitrogens with one attached hydrogen (secondary N) is 1. The third-order valence-electron chi connectivity index (χ3n) is 4.60. The molecule has 3 rings (SSSR count). The van der Waals surface area contributed by atoms with Crippen LogP contribution in [-0.2, 0) is 11.0 Å². The summed E-state index contributed by atoms with van der Waals surface area (Å²) in [6, 6.07) is 4.88. The van der Waals surface area contributed by atoms with Gasteiger partial charge in [0.1, 0.15) is 0 Å². The number of benzene rings is 1. The van der Waals surface area contributed by atoms with Gasteiger partial charge in [0, 0.05) is 40.8 Å². The molecule has 0 bridgehead atoms. The van der Waals surface area contributed by atoms with Crippen molar-refractivity contribution in [3.8, 4) is 0 Å². The summed E-state index contributed by atoms with van der Waals surface area (Å²) in [7, 11) is 0. The number of H-pyrrole nitrogens is 1. The van der Waals surface area contributed by atoms with Gasteiger partial charge in [-0.1, -0.05) is 6.08 Å². The molecule has 1 fully saturated rings. The van der Waals surface area contributed by atoms with E-state index in [0.29, 0.717) is 18.2 Å². The van der Waals surface area contributed by atoms with Gasteiger partial charge in [0.2, 0.25) is 5.56 Å². The van der Waals surface area contributed by atoms with Crippen LogP contribution >= 0.6 is 0 Å². The highest BCUT2D eigenvalue weighted by molar-refractivity contribution is 5.86. The summed E-state index contributed by atoms with van der Waals surface area (Å²) in [6.07, 6.45) is -0.543. The SMILES string of the molecule is C[C@@H]1CC[C@H](/C=C/C(=O)O)N1c1ccc2[nH]c(=O)cc(C(F)(F)F)c2c1. The molecular weight excluding hydrogens is 349 g/mol. The predicted molar refractivity (Wildman–Crippen MR) is 91.3 cm³/mol. The molecule has 1 aliphatic rings. The van der Waals surface area contributed by atoms with E-state index < -0.39 is 23.3 Å². The molecule has 0 radical (unpaired) electrons. The largest absolute Gasteiger partial charge is 0.478 e. The van der Waals surface area contributed by atoms with Crippen molar-refractivity contribution in [2.45, 2.75) is 38.0 Å². The van der Waals surface area contributed by atoms with Crippen molar-refractivity contribution in [2.75, 3.05) is 4.90 Å². The molecule has 0 spiro atoms. The Morgan fingerprint density at radius 3 is 2.69 bits per heavy atom. The maximum atomic E-state index is 13.3. The van der Waals surface area contributed by atoms with Crippen molar-refractivity contribution < 1.29 is 23.1 Å². The number of pyridine rings is 1. The molecule has 138 valence electrons. The van der Waals surface area contributed by atoms with Crippen molar-refractivity contribution in [3.63, 3.8) is 0 Å². The smallest absolute Gasteiger partial charge is 0.417 e. The van der Waals surface area contributed by atoms with Gasteiger partial charge in [0.15, 0.2) is 0 Å². The highest BCUT2D eigenvalue weighted by Crippen LogP contribution is 2.37. The number of carboxylic acid groups (broad SMARTS) is 1. The number of fused-ring (bicyclic) bond motifs is 1. The number of aromatic nitrogens is 1. The summed E-state index contributed by atoms with van der Waals surface area (Å²) in [6.45, 7) is 1.94. The van der Waals surface area contributed by atoms with Crippen LogP contribution in [0.5, 0.6) is 0 Å². The summed E-state index contributed by atoms with van der Waals surface area (Å²) >= 11 is 0. The topological polar surface area (TPSA) is 73.4 Å². The van der Waals surface area contributed by atoms with Crippen LogP contribution in [-0.4, -0.2) is 28.1 Å². The number of anilines is 1. The van der Waals surface area contributed by atoms with E-state index in [1.54, 1.807) is 12.1 Å². The van der Waals surface area contributed by atoms with Gasteiger partial charge in [-0.25, -0.2) is 4.79 Å². The molecule has 0 amide bonds. The zero-order valence-electron chi connectivity index (χ0n) is 13.9. The van der Waals surface area contributed by atoms with Crippen molar-refractivity contribution in [1.29, 1.82) is 0 Å². The van der Waals surface area contributed by atoms with Crippen molar-refractivity contribution in [2.24, 2.45) is 0 Å². The normalized spacial score (nSPS) is 21.0. The first-order valence-electron chi connectivity index (χ1n) is 8.10. The summed E-state index contributed by atoms with van der Waals surface area (Å²) in [4.78, 5) is 26.6. The van der Waals surface area contributed by atoms with E-state index in [9.17, 15) is 22.8 Å². The minimum Gasteiger partial charge on any atom is -0.478 e. The molecule has 1 aliphatic heterocycles. The lowest BCUT2D eigenvalue weighted by molar-refractivity contribution is -0.136. The average molecular weight is 366 g/mol. The predicted octanol–water partition coefficient (Wildman–Crippen LogP) is 3.55. The number of hydrogen-bond donors (Lipinski definition) is 2. The van der Waals surface area contributed by atoms with Crippen LogP contribution in [0.2, 0.25) is 0 Å². The van der Waals surface area contributed by atoms with E-state index in [0.717, 1.165) is 12.5 Å². The second-order valence-corrected chi connectivity index (χ2v) is 6.37. The number of rotatable bonds is 3. The molecule has 8 heteroatoms. The Morgan fingerprint density at radius 1 is 1.31 bits per heavy atom. The molecule has 26 heavy (non-hydrogen) atoms. The lowest BCUT2D eigenvalue weighted by atomic mass is 10.1. The van der Waals surface area contributed by atoms with Gasteiger partial charge < -0.3 is 15.0 Å². The van der Waals surface area contributed by atoms with Crippen LogP contribution in [0.3, 0.4) is 0 Å². The number of nitrogens with zero attached hydrogens (tertiary/aromatic N) is 1. The van der Waals surface area contributed by atoms with E-state index in [-0.39, 0.29) is 23.0 Å². The first kappa shape index (κ1) is 18.0. The summed E-state index contributed by atoms with van der Waals surface area (Å²) in [5.74, 6) is -1.07. The third kappa shape index (κ3) is 3.44. The molecular formula is C18H17F3N2O3. The first-order chi connectivity index (χ1) is 12.2. The zero-order chi connectivity index (χ0) is 19.1. The highest BCUT2D eigenvalue weighted by Gasteiger charge is 2.34. The lowest BCUT2D eigenvalue weighted by Crippen LogP contribution is -2.33. The molecule has 1 aromatic heterocycles. The number of alkyl halides is 3. The lowest BCUT2D eigenvalue weighted by Gasteiger charge is -2.29. The standard InChI is InChI=1S/C18H17F3N2O3/c1-10-2-3-11(5-7-17(25)26)23(10)12-4-6-15-13(8-12)14(18(19,20)21)9-16(24)22-15/h4-11H,2-3H2,1H3,(H,22,24)(H,25,26)/b7-5+/t10-,11-/m1/s1.